The van der Waals surface area contributed by atoms with Crippen LogP contribution in [0.3, 0.4) is 0 Å². The van der Waals surface area contributed by atoms with Gasteiger partial charge in [-0.3, -0.25) is 0 Å². The molecule has 1 radical (unpaired) electrons. The normalized spacial score (nSPS) is 12.7. The molecular formula is C19H21F6OSi. The largest absolute Gasteiger partial charge is 0.539 e. The molecule has 0 fully saturated rings. The van der Waals surface area contributed by atoms with Gasteiger partial charge in [0, 0.05) is 0 Å². The maximum atomic E-state index is 15.0. The number of hydrogen-bond donors (Lipinski definition) is 0. The van der Waals surface area contributed by atoms with Crippen molar-refractivity contribution in [3.8, 4) is 5.75 Å². The second kappa shape index (κ2) is 7.37. The molecule has 0 aliphatic carbocycles. The Bertz CT molecular complexity index is 857. The lowest BCUT2D eigenvalue weighted by Crippen LogP contribution is -2.51. The number of hydrogen-bond acceptors (Lipinski definition) is 1. The Morgan fingerprint density at radius 3 is 1.56 bits per heavy atom. The first kappa shape index (κ1) is 21.6. The SMILES string of the molecule is CC(C)[Si](Oc1c(F)c(F)c2c(F)[c]c(F)c(F)c2c1F)(C(C)C)C(C)C. The summed E-state index contributed by atoms with van der Waals surface area (Å²) in [5.74, 6) is -11.8. The Hall–Kier alpha value is -1.70. The van der Waals surface area contributed by atoms with E-state index in [2.05, 4.69) is 0 Å². The lowest BCUT2D eigenvalue weighted by Gasteiger charge is -2.42. The minimum atomic E-state index is -2.95. The summed E-state index contributed by atoms with van der Waals surface area (Å²) >= 11 is 0. The zero-order valence-electron chi connectivity index (χ0n) is 15.9. The molecule has 8 heteroatoms. The summed E-state index contributed by atoms with van der Waals surface area (Å²) in [7, 11) is -2.95. The maximum Gasteiger partial charge on any atom is 0.259 e. The van der Waals surface area contributed by atoms with Crippen LogP contribution in [-0.2, 0) is 0 Å². The third-order valence-corrected chi connectivity index (χ3v) is 11.1. The van der Waals surface area contributed by atoms with Crippen LogP contribution in [0.4, 0.5) is 26.3 Å². The van der Waals surface area contributed by atoms with E-state index in [-0.39, 0.29) is 16.6 Å². The van der Waals surface area contributed by atoms with Crippen LogP contribution in [0.15, 0.2) is 0 Å². The molecular weight excluding hydrogens is 386 g/mol. The van der Waals surface area contributed by atoms with Crippen molar-refractivity contribution in [2.45, 2.75) is 58.2 Å². The van der Waals surface area contributed by atoms with Crippen molar-refractivity contribution in [3.05, 3.63) is 41.0 Å². The first-order valence-electron chi connectivity index (χ1n) is 8.62. The second-order valence-corrected chi connectivity index (χ2v) is 12.9. The Morgan fingerprint density at radius 2 is 1.11 bits per heavy atom. The maximum absolute atomic E-state index is 15.0. The van der Waals surface area contributed by atoms with E-state index in [0.29, 0.717) is 0 Å². The van der Waals surface area contributed by atoms with Crippen LogP contribution < -0.4 is 4.43 Å². The molecule has 149 valence electrons. The van der Waals surface area contributed by atoms with E-state index in [1.807, 2.05) is 41.5 Å². The fraction of sp³-hybridized carbons (Fsp3) is 0.474. The molecule has 0 amide bonds. The van der Waals surface area contributed by atoms with E-state index in [9.17, 15) is 26.3 Å². The molecule has 0 spiro atoms. The third-order valence-electron chi connectivity index (χ3n) is 5.12. The molecule has 2 aromatic rings. The molecule has 0 aliphatic rings. The smallest absolute Gasteiger partial charge is 0.259 e. The van der Waals surface area contributed by atoms with E-state index in [4.69, 9.17) is 4.43 Å². The molecule has 0 atom stereocenters. The zero-order chi connectivity index (χ0) is 20.8. The molecule has 0 N–H and O–H groups in total. The summed E-state index contributed by atoms with van der Waals surface area (Å²) in [4.78, 5) is 0. The highest BCUT2D eigenvalue weighted by Gasteiger charge is 2.48. The first-order valence-corrected chi connectivity index (χ1v) is 10.8. The first-order chi connectivity index (χ1) is 12.4. The van der Waals surface area contributed by atoms with E-state index >= 15 is 0 Å². The predicted molar refractivity (Wildman–Crippen MR) is 94.2 cm³/mol. The van der Waals surface area contributed by atoms with Gasteiger partial charge in [0.15, 0.2) is 29.0 Å². The summed E-state index contributed by atoms with van der Waals surface area (Å²) in [5.41, 5.74) is -0.382. The van der Waals surface area contributed by atoms with Gasteiger partial charge in [-0.15, -0.1) is 0 Å². The molecule has 2 aromatic carbocycles. The van der Waals surface area contributed by atoms with Crippen molar-refractivity contribution < 1.29 is 30.8 Å². The molecule has 0 bridgehead atoms. The van der Waals surface area contributed by atoms with E-state index in [1.165, 1.54) is 6.07 Å². The molecule has 1 nitrogen and oxygen atoms in total. The van der Waals surface area contributed by atoms with Gasteiger partial charge in [-0.25, -0.2) is 22.0 Å². The minimum absolute atomic E-state index is 0.127. The van der Waals surface area contributed by atoms with Crippen LogP contribution in [0.5, 0.6) is 5.75 Å². The summed E-state index contributed by atoms with van der Waals surface area (Å²) in [6.45, 7) is 11.0. The van der Waals surface area contributed by atoms with Crippen molar-refractivity contribution in [1.82, 2.24) is 0 Å². The molecule has 0 heterocycles. The van der Waals surface area contributed by atoms with Gasteiger partial charge in [0.1, 0.15) is 5.82 Å². The van der Waals surface area contributed by atoms with Gasteiger partial charge in [0.05, 0.1) is 16.8 Å². The van der Waals surface area contributed by atoms with Crippen LogP contribution in [0.25, 0.3) is 10.8 Å². The van der Waals surface area contributed by atoms with Crippen LogP contribution in [-0.4, -0.2) is 8.32 Å². The Kier molecular flexibility index (Phi) is 5.90. The highest BCUT2D eigenvalue weighted by Crippen LogP contribution is 2.45. The van der Waals surface area contributed by atoms with Crippen molar-refractivity contribution in [2.75, 3.05) is 0 Å². The van der Waals surface area contributed by atoms with Crippen molar-refractivity contribution in [2.24, 2.45) is 0 Å². The van der Waals surface area contributed by atoms with Crippen LogP contribution in [0.1, 0.15) is 41.5 Å². The molecule has 0 saturated heterocycles. The van der Waals surface area contributed by atoms with Gasteiger partial charge in [-0.2, -0.15) is 4.39 Å². The van der Waals surface area contributed by atoms with E-state index in [1.54, 1.807) is 0 Å². The highest BCUT2D eigenvalue weighted by atomic mass is 28.4. The molecule has 2 rings (SSSR count). The standard InChI is InChI=1S/C19H21F6OSi/c1-8(2)27(9(3)4,10(5)6)26-19-17(24)14-13(16(23)18(19)25)11(20)7-12(21)15(14)22/h8-10H,1-6H3. The van der Waals surface area contributed by atoms with Gasteiger partial charge < -0.3 is 4.43 Å². The average Bonchev–Trinajstić information content (AvgIpc) is 2.55. The molecule has 0 aliphatic heterocycles. The lowest BCUT2D eigenvalue weighted by molar-refractivity contribution is 0.396. The van der Waals surface area contributed by atoms with E-state index < -0.39 is 59.7 Å². The van der Waals surface area contributed by atoms with Crippen LogP contribution in [0, 0.1) is 41.0 Å². The summed E-state index contributed by atoms with van der Waals surface area (Å²) in [6.07, 6.45) is 0. The van der Waals surface area contributed by atoms with Crippen LogP contribution in [0.2, 0.25) is 16.6 Å². The van der Waals surface area contributed by atoms with Gasteiger partial charge in [-0.05, 0) is 16.6 Å². The predicted octanol–water partition coefficient (Wildman–Crippen LogP) is 7.03. The summed E-state index contributed by atoms with van der Waals surface area (Å²) in [5, 5.41) is -2.65. The van der Waals surface area contributed by atoms with Crippen molar-refractivity contribution in [3.63, 3.8) is 0 Å². The topological polar surface area (TPSA) is 9.23 Å². The molecule has 27 heavy (non-hydrogen) atoms. The monoisotopic (exact) mass is 407 g/mol. The number of fused-ring (bicyclic) bond motifs is 1. The Labute approximate surface area is 155 Å². The fourth-order valence-corrected chi connectivity index (χ4v) is 9.23. The zero-order valence-corrected chi connectivity index (χ0v) is 16.9. The third kappa shape index (κ3) is 3.21. The van der Waals surface area contributed by atoms with Gasteiger partial charge in [0.25, 0.3) is 8.32 Å². The number of rotatable bonds is 5. The molecule has 0 unspecified atom stereocenters. The average molecular weight is 407 g/mol. The van der Waals surface area contributed by atoms with Crippen molar-refractivity contribution >= 4 is 19.1 Å². The van der Waals surface area contributed by atoms with Crippen LogP contribution >= 0.6 is 0 Å². The van der Waals surface area contributed by atoms with E-state index in [0.717, 1.165) is 0 Å². The fourth-order valence-electron chi connectivity index (χ4n) is 3.99. The Balaban J connectivity index is 2.89. The quantitative estimate of drug-likeness (QED) is 0.294. The van der Waals surface area contributed by atoms with Crippen molar-refractivity contribution in [1.29, 1.82) is 0 Å². The highest BCUT2D eigenvalue weighted by molar-refractivity contribution is 6.78. The molecule has 0 saturated carbocycles. The van der Waals surface area contributed by atoms with Gasteiger partial charge >= 0.3 is 0 Å². The van der Waals surface area contributed by atoms with Gasteiger partial charge in [0.2, 0.25) is 5.82 Å². The summed E-state index contributed by atoms with van der Waals surface area (Å²) in [6, 6.07) is 1.29. The lowest BCUT2D eigenvalue weighted by atomic mass is 10.1. The number of benzene rings is 2. The Morgan fingerprint density at radius 1 is 0.630 bits per heavy atom. The second-order valence-electron chi connectivity index (χ2n) is 7.51. The molecule has 0 aromatic heterocycles. The minimum Gasteiger partial charge on any atom is -0.539 e. The van der Waals surface area contributed by atoms with Gasteiger partial charge in [-0.1, -0.05) is 41.5 Å². The number of halogens is 6. The summed E-state index contributed by atoms with van der Waals surface area (Å²) < 4.78 is 91.2.